The number of carbonyl (C=O) groups is 1. The van der Waals surface area contributed by atoms with Gasteiger partial charge in [-0.1, -0.05) is 12.8 Å². The molecular formula is C16H17N3O4. The van der Waals surface area contributed by atoms with Gasteiger partial charge in [-0.2, -0.15) is 0 Å². The number of non-ortho nitro benzene ring substituents is 1. The van der Waals surface area contributed by atoms with Gasteiger partial charge in [-0.05, 0) is 31.0 Å². The molecule has 1 aromatic heterocycles. The zero-order chi connectivity index (χ0) is 16.2. The number of nitro benzene ring substituents is 1. The van der Waals surface area contributed by atoms with Crippen LogP contribution >= 0.6 is 0 Å². The third kappa shape index (κ3) is 3.39. The summed E-state index contributed by atoms with van der Waals surface area (Å²) in [5.74, 6) is 0.187. The van der Waals surface area contributed by atoms with Crippen molar-refractivity contribution in [1.29, 1.82) is 0 Å². The van der Waals surface area contributed by atoms with Crippen LogP contribution in [-0.4, -0.2) is 28.5 Å². The summed E-state index contributed by atoms with van der Waals surface area (Å²) in [7, 11) is 0. The van der Waals surface area contributed by atoms with Gasteiger partial charge in [0.2, 0.25) is 0 Å². The largest absolute Gasteiger partial charge is 0.481 e. The first-order valence-corrected chi connectivity index (χ1v) is 7.59. The minimum Gasteiger partial charge on any atom is -0.481 e. The lowest BCUT2D eigenvalue weighted by atomic mass is 10.1. The van der Waals surface area contributed by atoms with E-state index < -0.39 is 4.92 Å². The molecule has 120 valence electrons. The molecule has 1 N–H and O–H groups in total. The van der Waals surface area contributed by atoms with Gasteiger partial charge < -0.3 is 10.1 Å². The topological polar surface area (TPSA) is 94.4 Å². The number of fused-ring (bicyclic) bond motifs is 1. The molecule has 0 unspecified atom stereocenters. The number of ether oxygens (including phenoxy) is 1. The van der Waals surface area contributed by atoms with E-state index in [2.05, 4.69) is 10.3 Å². The molecule has 1 heterocycles. The summed E-state index contributed by atoms with van der Waals surface area (Å²) in [5.41, 5.74) is 0.353. The second-order valence-corrected chi connectivity index (χ2v) is 5.58. The van der Waals surface area contributed by atoms with Crippen LogP contribution in [0.15, 0.2) is 30.5 Å². The monoisotopic (exact) mass is 315 g/mol. The molecule has 1 aromatic carbocycles. The highest BCUT2D eigenvalue weighted by molar-refractivity contribution is 5.92. The van der Waals surface area contributed by atoms with Crippen molar-refractivity contribution in [3.05, 3.63) is 40.6 Å². The second kappa shape index (κ2) is 6.60. The van der Waals surface area contributed by atoms with Crippen LogP contribution in [0.4, 0.5) is 5.69 Å². The summed E-state index contributed by atoms with van der Waals surface area (Å²) in [6.07, 6.45) is 5.84. The highest BCUT2D eigenvalue weighted by Crippen LogP contribution is 2.31. The first kappa shape index (κ1) is 15.2. The van der Waals surface area contributed by atoms with E-state index in [9.17, 15) is 14.9 Å². The fourth-order valence-electron chi connectivity index (χ4n) is 2.89. The molecule has 0 aliphatic heterocycles. The lowest BCUT2D eigenvalue weighted by molar-refractivity contribution is -0.383. The van der Waals surface area contributed by atoms with Crippen LogP contribution in [0.5, 0.6) is 5.75 Å². The number of nitro groups is 1. The van der Waals surface area contributed by atoms with Gasteiger partial charge in [-0.25, -0.2) is 0 Å². The Hall–Kier alpha value is -2.70. The van der Waals surface area contributed by atoms with Gasteiger partial charge in [0.25, 0.3) is 11.6 Å². The Bertz CT molecular complexity index is 741. The molecule has 0 saturated heterocycles. The third-order valence-corrected chi connectivity index (χ3v) is 3.99. The highest BCUT2D eigenvalue weighted by atomic mass is 16.6. The zero-order valence-corrected chi connectivity index (χ0v) is 12.5. The summed E-state index contributed by atoms with van der Waals surface area (Å²) in [4.78, 5) is 26.7. The van der Waals surface area contributed by atoms with E-state index in [1.165, 1.54) is 18.3 Å². The van der Waals surface area contributed by atoms with Crippen LogP contribution < -0.4 is 10.1 Å². The standard InChI is InChI=1S/C16H17N3O4/c20-15(18-11-4-1-2-5-11)10-23-14-8-7-13(19(21)22)12-6-3-9-17-16(12)14/h3,6-9,11H,1-2,4-5,10H2,(H,18,20). The van der Waals surface area contributed by atoms with Crippen LogP contribution in [0.1, 0.15) is 25.7 Å². The van der Waals surface area contributed by atoms with Crippen molar-refractivity contribution in [3.8, 4) is 5.75 Å². The van der Waals surface area contributed by atoms with Crippen molar-refractivity contribution in [3.63, 3.8) is 0 Å². The average molecular weight is 315 g/mol. The Kier molecular flexibility index (Phi) is 4.36. The van der Waals surface area contributed by atoms with E-state index >= 15 is 0 Å². The maximum Gasteiger partial charge on any atom is 0.279 e. The van der Waals surface area contributed by atoms with Crippen molar-refractivity contribution < 1.29 is 14.5 Å². The molecule has 1 amide bonds. The smallest absolute Gasteiger partial charge is 0.279 e. The van der Waals surface area contributed by atoms with Gasteiger partial charge in [-0.15, -0.1) is 0 Å². The second-order valence-electron chi connectivity index (χ2n) is 5.58. The molecule has 7 nitrogen and oxygen atoms in total. The van der Waals surface area contributed by atoms with E-state index in [0.717, 1.165) is 25.7 Å². The van der Waals surface area contributed by atoms with E-state index in [0.29, 0.717) is 16.7 Å². The third-order valence-electron chi connectivity index (χ3n) is 3.99. The molecule has 0 atom stereocenters. The maximum absolute atomic E-state index is 11.9. The van der Waals surface area contributed by atoms with Gasteiger partial charge in [-0.3, -0.25) is 19.9 Å². The van der Waals surface area contributed by atoms with E-state index in [1.807, 2.05) is 0 Å². The Morgan fingerprint density at radius 2 is 2.13 bits per heavy atom. The number of nitrogens with one attached hydrogen (secondary N) is 1. The Balaban J connectivity index is 1.74. The molecular weight excluding hydrogens is 298 g/mol. The Morgan fingerprint density at radius 1 is 1.35 bits per heavy atom. The van der Waals surface area contributed by atoms with Crippen molar-refractivity contribution in [1.82, 2.24) is 10.3 Å². The molecule has 0 bridgehead atoms. The van der Waals surface area contributed by atoms with Crippen LogP contribution in [0.25, 0.3) is 10.9 Å². The van der Waals surface area contributed by atoms with Crippen molar-refractivity contribution in [2.75, 3.05) is 6.61 Å². The number of nitrogens with zero attached hydrogens (tertiary/aromatic N) is 2. The number of pyridine rings is 1. The SMILES string of the molecule is O=C(COc1ccc([N+](=O)[O-])c2cccnc12)NC1CCCC1. The average Bonchev–Trinajstić information content (AvgIpc) is 3.05. The maximum atomic E-state index is 11.9. The molecule has 2 aromatic rings. The van der Waals surface area contributed by atoms with Crippen molar-refractivity contribution in [2.24, 2.45) is 0 Å². The van der Waals surface area contributed by atoms with Crippen LogP contribution in [0.3, 0.4) is 0 Å². The fourth-order valence-corrected chi connectivity index (χ4v) is 2.89. The van der Waals surface area contributed by atoms with Gasteiger partial charge in [0, 0.05) is 18.3 Å². The van der Waals surface area contributed by atoms with Crippen LogP contribution in [-0.2, 0) is 4.79 Å². The molecule has 1 aliphatic rings. The van der Waals surface area contributed by atoms with Crippen molar-refractivity contribution >= 4 is 22.5 Å². The first-order valence-electron chi connectivity index (χ1n) is 7.59. The number of hydrogen-bond acceptors (Lipinski definition) is 5. The molecule has 7 heteroatoms. The van der Waals surface area contributed by atoms with Crippen LogP contribution in [0, 0.1) is 10.1 Å². The van der Waals surface area contributed by atoms with Crippen molar-refractivity contribution in [2.45, 2.75) is 31.7 Å². The van der Waals surface area contributed by atoms with E-state index in [4.69, 9.17) is 4.74 Å². The van der Waals surface area contributed by atoms with E-state index in [-0.39, 0.29) is 24.2 Å². The van der Waals surface area contributed by atoms with Gasteiger partial charge >= 0.3 is 0 Å². The highest BCUT2D eigenvalue weighted by Gasteiger charge is 2.19. The lowest BCUT2D eigenvalue weighted by Crippen LogP contribution is -2.36. The molecule has 23 heavy (non-hydrogen) atoms. The molecule has 1 aliphatic carbocycles. The number of amides is 1. The zero-order valence-electron chi connectivity index (χ0n) is 12.5. The normalized spacial score (nSPS) is 14.8. The molecule has 0 radical (unpaired) electrons. The molecule has 0 spiro atoms. The summed E-state index contributed by atoms with van der Waals surface area (Å²) in [6.45, 7) is -0.125. The lowest BCUT2D eigenvalue weighted by Gasteiger charge is -2.13. The Labute approximate surface area is 132 Å². The summed E-state index contributed by atoms with van der Waals surface area (Å²) in [5, 5.41) is 14.4. The summed E-state index contributed by atoms with van der Waals surface area (Å²) in [6, 6.07) is 6.33. The fraction of sp³-hybridized carbons (Fsp3) is 0.375. The van der Waals surface area contributed by atoms with Gasteiger partial charge in [0.05, 0.1) is 10.3 Å². The van der Waals surface area contributed by atoms with Gasteiger partial charge in [0.15, 0.2) is 6.61 Å². The minimum absolute atomic E-state index is 0.0316. The predicted molar refractivity (Wildman–Crippen MR) is 84.3 cm³/mol. The van der Waals surface area contributed by atoms with Crippen LogP contribution in [0.2, 0.25) is 0 Å². The predicted octanol–water partition coefficient (Wildman–Crippen LogP) is 2.58. The number of hydrogen-bond donors (Lipinski definition) is 1. The quantitative estimate of drug-likeness (QED) is 0.676. The summed E-state index contributed by atoms with van der Waals surface area (Å²) >= 11 is 0. The number of carbonyl (C=O) groups excluding carboxylic acids is 1. The minimum atomic E-state index is -0.458. The number of rotatable bonds is 5. The number of aromatic nitrogens is 1. The number of benzene rings is 1. The molecule has 1 fully saturated rings. The Morgan fingerprint density at radius 3 is 2.87 bits per heavy atom. The summed E-state index contributed by atoms with van der Waals surface area (Å²) < 4.78 is 5.53. The van der Waals surface area contributed by atoms with Gasteiger partial charge in [0.1, 0.15) is 11.3 Å². The van der Waals surface area contributed by atoms with E-state index in [1.54, 1.807) is 12.1 Å². The molecule has 1 saturated carbocycles. The molecule has 3 rings (SSSR count). The first-order chi connectivity index (χ1) is 11.1.